The van der Waals surface area contributed by atoms with E-state index >= 15 is 0 Å². The Bertz CT molecular complexity index is 615. The topological polar surface area (TPSA) is 49.9 Å². The van der Waals surface area contributed by atoms with Crippen molar-refractivity contribution in [1.82, 2.24) is 9.80 Å². The van der Waals surface area contributed by atoms with Crippen LogP contribution in [0.5, 0.6) is 5.75 Å². The van der Waals surface area contributed by atoms with Crippen molar-refractivity contribution in [2.75, 3.05) is 32.8 Å². The predicted octanol–water partition coefficient (Wildman–Crippen LogP) is 3.34. The number of nitrogens with zero attached hydrogens (tertiary/aromatic N) is 2. The first-order valence-electron chi connectivity index (χ1n) is 9.94. The van der Waals surface area contributed by atoms with E-state index in [1.54, 1.807) is 12.1 Å². The zero-order valence-electron chi connectivity index (χ0n) is 15.8. The molecule has 0 bridgehead atoms. The summed E-state index contributed by atoms with van der Waals surface area (Å²) in [4.78, 5) is 29.1. The largest absolute Gasteiger partial charge is 0.483 e. The van der Waals surface area contributed by atoms with Crippen molar-refractivity contribution in [2.24, 2.45) is 5.92 Å². The highest BCUT2D eigenvalue weighted by molar-refractivity contribution is 5.97. The highest BCUT2D eigenvalue weighted by atomic mass is 16.5. The Morgan fingerprint density at radius 2 is 1.62 bits per heavy atom. The zero-order chi connectivity index (χ0) is 18.4. The van der Waals surface area contributed by atoms with Gasteiger partial charge in [-0.15, -0.1) is 0 Å². The molecule has 0 radical (unpaired) electrons. The molecule has 0 atom stereocenters. The third kappa shape index (κ3) is 4.77. The van der Waals surface area contributed by atoms with E-state index in [2.05, 4.69) is 6.92 Å². The number of rotatable bonds is 4. The van der Waals surface area contributed by atoms with Gasteiger partial charge in [0.05, 0.1) is 5.56 Å². The summed E-state index contributed by atoms with van der Waals surface area (Å²) in [6.07, 6.45) is 6.60. The molecule has 2 aliphatic rings. The zero-order valence-corrected chi connectivity index (χ0v) is 15.8. The van der Waals surface area contributed by atoms with E-state index in [0.717, 1.165) is 51.9 Å². The molecule has 5 nitrogen and oxygen atoms in total. The molecule has 0 aliphatic carbocycles. The molecule has 2 amide bonds. The molecule has 3 rings (SSSR count). The minimum Gasteiger partial charge on any atom is -0.483 e. The second kappa shape index (κ2) is 9.06. The molecule has 5 heteroatoms. The van der Waals surface area contributed by atoms with E-state index in [4.69, 9.17) is 4.74 Å². The van der Waals surface area contributed by atoms with Gasteiger partial charge in [0.15, 0.2) is 6.61 Å². The number of hydrogen-bond donors (Lipinski definition) is 0. The van der Waals surface area contributed by atoms with Crippen LogP contribution in [0.3, 0.4) is 0 Å². The van der Waals surface area contributed by atoms with Gasteiger partial charge < -0.3 is 14.5 Å². The van der Waals surface area contributed by atoms with Crippen LogP contribution >= 0.6 is 0 Å². The maximum atomic E-state index is 12.9. The Labute approximate surface area is 156 Å². The molecule has 142 valence electrons. The maximum absolute atomic E-state index is 12.9. The Morgan fingerprint density at radius 3 is 2.31 bits per heavy atom. The standard InChI is InChI=1S/C21H30N2O3/c1-17-10-14-23(15-11-17)21(25)18-8-4-5-9-19(18)26-16-20(24)22-12-6-2-3-7-13-22/h4-5,8-9,17H,2-3,6-7,10-16H2,1H3. The summed E-state index contributed by atoms with van der Waals surface area (Å²) in [6, 6.07) is 7.28. The molecule has 2 heterocycles. The van der Waals surface area contributed by atoms with Crippen LogP contribution in [-0.4, -0.2) is 54.4 Å². The van der Waals surface area contributed by atoms with Crippen molar-refractivity contribution in [3.05, 3.63) is 29.8 Å². The van der Waals surface area contributed by atoms with E-state index in [-0.39, 0.29) is 18.4 Å². The Kier molecular flexibility index (Phi) is 6.53. The van der Waals surface area contributed by atoms with Gasteiger partial charge in [0, 0.05) is 26.2 Å². The average Bonchev–Trinajstić information content (AvgIpc) is 2.96. The van der Waals surface area contributed by atoms with Crippen LogP contribution in [0.2, 0.25) is 0 Å². The predicted molar refractivity (Wildman–Crippen MR) is 101 cm³/mol. The monoisotopic (exact) mass is 358 g/mol. The van der Waals surface area contributed by atoms with Crippen LogP contribution in [0.1, 0.15) is 55.8 Å². The van der Waals surface area contributed by atoms with Crippen molar-refractivity contribution >= 4 is 11.8 Å². The molecular formula is C21H30N2O3. The Hall–Kier alpha value is -2.04. The normalized spacial score (nSPS) is 19.1. The molecule has 0 spiro atoms. The fraction of sp³-hybridized carbons (Fsp3) is 0.619. The third-order valence-electron chi connectivity index (χ3n) is 5.50. The number of hydrogen-bond acceptors (Lipinski definition) is 3. The van der Waals surface area contributed by atoms with Gasteiger partial charge in [-0.1, -0.05) is 31.9 Å². The molecule has 2 aliphatic heterocycles. The van der Waals surface area contributed by atoms with Gasteiger partial charge in [-0.25, -0.2) is 0 Å². The number of ether oxygens (including phenoxy) is 1. The summed E-state index contributed by atoms with van der Waals surface area (Å²) >= 11 is 0. The van der Waals surface area contributed by atoms with Gasteiger partial charge in [-0.05, 0) is 43.7 Å². The van der Waals surface area contributed by atoms with Crippen LogP contribution in [0.15, 0.2) is 24.3 Å². The second-order valence-electron chi connectivity index (χ2n) is 7.55. The lowest BCUT2D eigenvalue weighted by Gasteiger charge is -2.30. The minimum absolute atomic E-state index is 0.00132. The van der Waals surface area contributed by atoms with Gasteiger partial charge in [0.1, 0.15) is 5.75 Å². The summed E-state index contributed by atoms with van der Waals surface area (Å²) in [6.45, 7) is 5.44. The van der Waals surface area contributed by atoms with Crippen molar-refractivity contribution in [2.45, 2.75) is 45.4 Å². The smallest absolute Gasteiger partial charge is 0.260 e. The lowest BCUT2D eigenvalue weighted by molar-refractivity contribution is -0.133. The first-order chi connectivity index (χ1) is 12.6. The summed E-state index contributed by atoms with van der Waals surface area (Å²) in [5.74, 6) is 1.21. The molecule has 0 saturated carbocycles. The number of amides is 2. The van der Waals surface area contributed by atoms with Gasteiger partial charge in [-0.3, -0.25) is 9.59 Å². The number of piperidine rings is 1. The second-order valence-corrected chi connectivity index (χ2v) is 7.55. The highest BCUT2D eigenvalue weighted by Gasteiger charge is 2.24. The van der Waals surface area contributed by atoms with E-state index in [9.17, 15) is 9.59 Å². The van der Waals surface area contributed by atoms with E-state index in [1.165, 1.54) is 12.8 Å². The van der Waals surface area contributed by atoms with Gasteiger partial charge >= 0.3 is 0 Å². The number of para-hydroxylation sites is 1. The number of carbonyl (C=O) groups is 2. The molecule has 0 N–H and O–H groups in total. The van der Waals surface area contributed by atoms with Crippen molar-refractivity contribution in [3.63, 3.8) is 0 Å². The minimum atomic E-state index is 0.00132. The first kappa shape index (κ1) is 18.7. The van der Waals surface area contributed by atoms with E-state index < -0.39 is 0 Å². The molecule has 0 unspecified atom stereocenters. The van der Waals surface area contributed by atoms with Gasteiger partial charge in [0.2, 0.25) is 0 Å². The molecule has 2 saturated heterocycles. The molecule has 2 fully saturated rings. The SMILES string of the molecule is CC1CCN(C(=O)c2ccccc2OCC(=O)N2CCCCCC2)CC1. The lowest BCUT2D eigenvalue weighted by atomic mass is 9.98. The molecule has 1 aromatic rings. The molecule has 1 aromatic carbocycles. The quantitative estimate of drug-likeness (QED) is 0.829. The third-order valence-corrected chi connectivity index (χ3v) is 5.50. The van der Waals surface area contributed by atoms with Crippen LogP contribution in [-0.2, 0) is 4.79 Å². The molecule has 26 heavy (non-hydrogen) atoms. The van der Waals surface area contributed by atoms with Crippen LogP contribution < -0.4 is 4.74 Å². The molecule has 0 aromatic heterocycles. The fourth-order valence-corrected chi connectivity index (χ4v) is 3.70. The van der Waals surface area contributed by atoms with Gasteiger partial charge in [-0.2, -0.15) is 0 Å². The van der Waals surface area contributed by atoms with Crippen LogP contribution in [0, 0.1) is 5.92 Å². The van der Waals surface area contributed by atoms with Gasteiger partial charge in [0.25, 0.3) is 11.8 Å². The maximum Gasteiger partial charge on any atom is 0.260 e. The lowest BCUT2D eigenvalue weighted by Crippen LogP contribution is -2.38. The average molecular weight is 358 g/mol. The number of carbonyl (C=O) groups excluding carboxylic acids is 2. The van der Waals surface area contributed by atoms with Crippen LogP contribution in [0.25, 0.3) is 0 Å². The summed E-state index contributed by atoms with van der Waals surface area (Å²) < 4.78 is 5.79. The fourth-order valence-electron chi connectivity index (χ4n) is 3.70. The Balaban J connectivity index is 1.61. The first-order valence-corrected chi connectivity index (χ1v) is 9.94. The Morgan fingerprint density at radius 1 is 0.962 bits per heavy atom. The van der Waals surface area contributed by atoms with Crippen LogP contribution in [0.4, 0.5) is 0 Å². The molecular weight excluding hydrogens is 328 g/mol. The van der Waals surface area contributed by atoms with Crippen molar-refractivity contribution < 1.29 is 14.3 Å². The summed E-state index contributed by atoms with van der Waals surface area (Å²) in [5.41, 5.74) is 0.561. The number of likely N-dealkylation sites (tertiary alicyclic amines) is 2. The van der Waals surface area contributed by atoms with Crippen molar-refractivity contribution in [3.8, 4) is 5.75 Å². The highest BCUT2D eigenvalue weighted by Crippen LogP contribution is 2.23. The summed E-state index contributed by atoms with van der Waals surface area (Å²) in [7, 11) is 0. The van der Waals surface area contributed by atoms with E-state index in [0.29, 0.717) is 17.2 Å². The van der Waals surface area contributed by atoms with E-state index in [1.807, 2.05) is 21.9 Å². The summed E-state index contributed by atoms with van der Waals surface area (Å²) in [5, 5.41) is 0. The number of benzene rings is 1. The van der Waals surface area contributed by atoms with Crippen molar-refractivity contribution in [1.29, 1.82) is 0 Å².